The van der Waals surface area contributed by atoms with E-state index in [0.717, 1.165) is 50.3 Å². The summed E-state index contributed by atoms with van der Waals surface area (Å²) >= 11 is 0. The van der Waals surface area contributed by atoms with E-state index in [-0.39, 0.29) is 0 Å². The second-order valence-corrected chi connectivity index (χ2v) is 5.97. The maximum Gasteiger partial charge on any atom is 0.231 e. The lowest BCUT2D eigenvalue weighted by atomic mass is 10.3. The highest BCUT2D eigenvalue weighted by Gasteiger charge is 2.26. The van der Waals surface area contributed by atoms with E-state index < -0.39 is 0 Å². The summed E-state index contributed by atoms with van der Waals surface area (Å²) in [6.07, 6.45) is 4.84. The first-order chi connectivity index (χ1) is 10.1. The van der Waals surface area contributed by atoms with E-state index in [0.29, 0.717) is 5.95 Å². The molecule has 21 heavy (non-hydrogen) atoms. The van der Waals surface area contributed by atoms with Gasteiger partial charge in [0.05, 0.1) is 0 Å². The molecule has 0 amide bonds. The molecule has 0 spiro atoms. The van der Waals surface area contributed by atoms with Gasteiger partial charge in [0, 0.05) is 33.7 Å². The highest BCUT2D eigenvalue weighted by molar-refractivity contribution is 5.44. The largest absolute Gasteiger partial charge is 0.354 e. The van der Waals surface area contributed by atoms with Crippen LogP contribution in [0.4, 0.5) is 17.8 Å². The Morgan fingerprint density at radius 2 is 1.76 bits per heavy atom. The van der Waals surface area contributed by atoms with Gasteiger partial charge >= 0.3 is 0 Å². The fourth-order valence-corrected chi connectivity index (χ4v) is 2.17. The molecule has 6 heteroatoms. The van der Waals surface area contributed by atoms with E-state index in [9.17, 15) is 0 Å². The minimum Gasteiger partial charge on any atom is -0.354 e. The molecule has 0 unspecified atom stereocenters. The summed E-state index contributed by atoms with van der Waals surface area (Å²) in [5.41, 5.74) is 0. The minimum absolute atomic E-state index is 0.683. The van der Waals surface area contributed by atoms with Crippen LogP contribution in [0.25, 0.3) is 0 Å². The Bertz CT molecular complexity index is 444. The number of anilines is 3. The molecule has 1 aliphatic carbocycles. The van der Waals surface area contributed by atoms with Crippen LogP contribution in [0, 0.1) is 5.92 Å². The standard InChI is InChI=1S/C15H28N6/c1-5-9-16-13-17-14(20(3)4)19-15(18-13)21(10-6-2)11-12-7-8-12/h12H,5-11H2,1-4H3,(H,16,17,18,19). The van der Waals surface area contributed by atoms with Gasteiger partial charge in [-0.15, -0.1) is 0 Å². The number of hydrogen-bond donors (Lipinski definition) is 1. The molecule has 0 bridgehead atoms. The zero-order valence-corrected chi connectivity index (χ0v) is 13.8. The van der Waals surface area contributed by atoms with E-state index in [1.54, 1.807) is 0 Å². The van der Waals surface area contributed by atoms with Crippen LogP contribution < -0.4 is 15.1 Å². The highest BCUT2D eigenvalue weighted by atomic mass is 15.3. The van der Waals surface area contributed by atoms with E-state index in [4.69, 9.17) is 0 Å². The number of nitrogens with one attached hydrogen (secondary N) is 1. The molecule has 1 heterocycles. The summed E-state index contributed by atoms with van der Waals surface area (Å²) in [6.45, 7) is 7.29. The molecule has 0 radical (unpaired) electrons. The molecule has 1 fully saturated rings. The SMILES string of the molecule is CCCNc1nc(N(C)C)nc(N(CCC)CC2CC2)n1. The monoisotopic (exact) mass is 292 g/mol. The first kappa shape index (κ1) is 15.8. The van der Waals surface area contributed by atoms with Crippen molar-refractivity contribution in [1.82, 2.24) is 15.0 Å². The summed E-state index contributed by atoms with van der Waals surface area (Å²) in [5, 5.41) is 3.28. The van der Waals surface area contributed by atoms with Crippen LogP contribution in [0.2, 0.25) is 0 Å². The highest BCUT2D eigenvalue weighted by Crippen LogP contribution is 2.31. The molecule has 1 aromatic rings. The third kappa shape index (κ3) is 4.72. The molecule has 1 aromatic heterocycles. The van der Waals surface area contributed by atoms with Crippen molar-refractivity contribution in [3.63, 3.8) is 0 Å². The zero-order valence-electron chi connectivity index (χ0n) is 13.8. The number of aromatic nitrogens is 3. The molecular formula is C15H28N6. The quantitative estimate of drug-likeness (QED) is 0.754. The Morgan fingerprint density at radius 3 is 2.33 bits per heavy atom. The first-order valence-electron chi connectivity index (χ1n) is 8.06. The maximum atomic E-state index is 4.63. The normalized spacial score (nSPS) is 14.1. The summed E-state index contributed by atoms with van der Waals surface area (Å²) in [5.74, 6) is 3.03. The van der Waals surface area contributed by atoms with Crippen molar-refractivity contribution in [2.24, 2.45) is 5.92 Å². The summed E-state index contributed by atoms with van der Waals surface area (Å²) in [7, 11) is 3.93. The van der Waals surface area contributed by atoms with E-state index in [1.165, 1.54) is 12.8 Å². The van der Waals surface area contributed by atoms with Crippen molar-refractivity contribution >= 4 is 17.8 Å². The predicted octanol–water partition coefficient (Wildman–Crippen LogP) is 2.39. The van der Waals surface area contributed by atoms with Gasteiger partial charge in [0.15, 0.2) is 0 Å². The average molecular weight is 292 g/mol. The molecule has 2 rings (SSSR count). The molecule has 118 valence electrons. The third-order valence-electron chi connectivity index (χ3n) is 3.50. The predicted molar refractivity (Wildman–Crippen MR) is 88.2 cm³/mol. The van der Waals surface area contributed by atoms with Crippen LogP contribution in [0.15, 0.2) is 0 Å². The van der Waals surface area contributed by atoms with Gasteiger partial charge in [0.2, 0.25) is 17.8 Å². The molecule has 0 saturated heterocycles. The van der Waals surface area contributed by atoms with Crippen LogP contribution >= 0.6 is 0 Å². The number of rotatable bonds is 9. The van der Waals surface area contributed by atoms with Gasteiger partial charge in [-0.25, -0.2) is 0 Å². The Morgan fingerprint density at radius 1 is 1.05 bits per heavy atom. The van der Waals surface area contributed by atoms with E-state index in [2.05, 4.69) is 39.0 Å². The molecule has 1 saturated carbocycles. The summed E-state index contributed by atoms with van der Waals surface area (Å²) < 4.78 is 0. The van der Waals surface area contributed by atoms with E-state index >= 15 is 0 Å². The van der Waals surface area contributed by atoms with Gasteiger partial charge in [-0.05, 0) is 31.6 Å². The molecule has 1 N–H and O–H groups in total. The van der Waals surface area contributed by atoms with Crippen LogP contribution in [0.3, 0.4) is 0 Å². The molecule has 1 aliphatic rings. The smallest absolute Gasteiger partial charge is 0.231 e. The van der Waals surface area contributed by atoms with Crippen molar-refractivity contribution < 1.29 is 0 Å². The fourth-order valence-electron chi connectivity index (χ4n) is 2.17. The van der Waals surface area contributed by atoms with Crippen molar-refractivity contribution in [3.05, 3.63) is 0 Å². The van der Waals surface area contributed by atoms with Crippen LogP contribution in [0.1, 0.15) is 39.5 Å². The molecule has 0 aliphatic heterocycles. The van der Waals surface area contributed by atoms with Gasteiger partial charge in [-0.1, -0.05) is 13.8 Å². The lowest BCUT2D eigenvalue weighted by molar-refractivity contribution is 0.685. The lowest BCUT2D eigenvalue weighted by Crippen LogP contribution is -2.30. The Labute approximate surface area is 128 Å². The molecular weight excluding hydrogens is 264 g/mol. The van der Waals surface area contributed by atoms with Gasteiger partial charge in [-0.3, -0.25) is 0 Å². The second kappa shape index (κ2) is 7.43. The third-order valence-corrected chi connectivity index (χ3v) is 3.50. The second-order valence-electron chi connectivity index (χ2n) is 5.97. The Hall–Kier alpha value is -1.59. The van der Waals surface area contributed by atoms with E-state index in [1.807, 2.05) is 19.0 Å². The van der Waals surface area contributed by atoms with Gasteiger partial charge in [0.1, 0.15) is 0 Å². The fraction of sp³-hybridized carbons (Fsp3) is 0.800. The molecule has 0 aromatic carbocycles. The van der Waals surface area contributed by atoms with Crippen molar-refractivity contribution in [3.8, 4) is 0 Å². The first-order valence-corrected chi connectivity index (χ1v) is 8.06. The van der Waals surface area contributed by atoms with Gasteiger partial charge < -0.3 is 15.1 Å². The maximum absolute atomic E-state index is 4.63. The van der Waals surface area contributed by atoms with Gasteiger partial charge in [-0.2, -0.15) is 15.0 Å². The summed E-state index contributed by atoms with van der Waals surface area (Å²) in [6, 6.07) is 0. The summed E-state index contributed by atoms with van der Waals surface area (Å²) in [4.78, 5) is 18.0. The van der Waals surface area contributed by atoms with Crippen LogP contribution in [-0.4, -0.2) is 48.7 Å². The molecule has 6 nitrogen and oxygen atoms in total. The Balaban J connectivity index is 2.22. The van der Waals surface area contributed by atoms with Crippen molar-refractivity contribution in [2.45, 2.75) is 39.5 Å². The zero-order chi connectivity index (χ0) is 15.2. The van der Waals surface area contributed by atoms with Crippen LogP contribution in [-0.2, 0) is 0 Å². The minimum atomic E-state index is 0.683. The Kier molecular flexibility index (Phi) is 5.59. The topological polar surface area (TPSA) is 57.2 Å². The van der Waals surface area contributed by atoms with Crippen molar-refractivity contribution in [1.29, 1.82) is 0 Å². The number of nitrogens with zero attached hydrogens (tertiary/aromatic N) is 5. The molecule has 0 atom stereocenters. The van der Waals surface area contributed by atoms with Gasteiger partial charge in [0.25, 0.3) is 0 Å². The average Bonchev–Trinajstić information content (AvgIpc) is 3.28. The number of hydrogen-bond acceptors (Lipinski definition) is 6. The van der Waals surface area contributed by atoms with Crippen LogP contribution in [0.5, 0.6) is 0 Å². The lowest BCUT2D eigenvalue weighted by Gasteiger charge is -2.23. The van der Waals surface area contributed by atoms with Crippen molar-refractivity contribution in [2.75, 3.05) is 48.8 Å².